The Bertz CT molecular complexity index is 575. The van der Waals surface area contributed by atoms with Gasteiger partial charge in [0, 0.05) is 23.7 Å². The Balaban J connectivity index is 1.80. The van der Waals surface area contributed by atoms with Gasteiger partial charge in [-0.25, -0.2) is 0 Å². The van der Waals surface area contributed by atoms with E-state index < -0.39 is 0 Å². The van der Waals surface area contributed by atoms with Gasteiger partial charge in [-0.2, -0.15) is 0 Å². The predicted octanol–water partition coefficient (Wildman–Crippen LogP) is 3.56. The molecule has 1 aromatic carbocycles. The standard InChI is InChI=1S/C14H14ClN3S2/c1-2-8-19-9-7-16-14-18-17-13(20-14)10-11-3-5-12(15)6-4-11/h1,3-6H,7-10H2,(H,16,18). The molecule has 1 aromatic heterocycles. The number of aromatic nitrogens is 2. The molecule has 6 heteroatoms. The van der Waals surface area contributed by atoms with Crippen molar-refractivity contribution in [2.45, 2.75) is 6.42 Å². The molecule has 0 unspecified atom stereocenters. The van der Waals surface area contributed by atoms with E-state index in [4.69, 9.17) is 18.0 Å². The summed E-state index contributed by atoms with van der Waals surface area (Å²) >= 11 is 9.17. The van der Waals surface area contributed by atoms with E-state index in [9.17, 15) is 0 Å². The molecule has 3 nitrogen and oxygen atoms in total. The monoisotopic (exact) mass is 323 g/mol. The van der Waals surface area contributed by atoms with Gasteiger partial charge < -0.3 is 5.32 Å². The molecule has 0 aliphatic heterocycles. The first-order chi connectivity index (χ1) is 9.78. The summed E-state index contributed by atoms with van der Waals surface area (Å²) in [4.78, 5) is 0. The van der Waals surface area contributed by atoms with Gasteiger partial charge in [-0.3, -0.25) is 0 Å². The third kappa shape index (κ3) is 5.04. The van der Waals surface area contributed by atoms with Crippen molar-refractivity contribution < 1.29 is 0 Å². The topological polar surface area (TPSA) is 37.8 Å². The lowest BCUT2D eigenvalue weighted by molar-refractivity contribution is 0.997. The largest absolute Gasteiger partial charge is 0.359 e. The second-order valence-corrected chi connectivity index (χ2v) is 6.59. The Labute approximate surface area is 132 Å². The summed E-state index contributed by atoms with van der Waals surface area (Å²) in [5.41, 5.74) is 1.18. The van der Waals surface area contributed by atoms with Crippen molar-refractivity contribution in [1.29, 1.82) is 0 Å². The molecule has 1 heterocycles. The van der Waals surface area contributed by atoms with E-state index in [1.807, 2.05) is 24.3 Å². The van der Waals surface area contributed by atoms with Gasteiger partial charge in [-0.05, 0) is 17.7 Å². The summed E-state index contributed by atoms with van der Waals surface area (Å²) < 4.78 is 0. The van der Waals surface area contributed by atoms with Gasteiger partial charge in [0.05, 0.1) is 5.75 Å². The van der Waals surface area contributed by atoms with Crippen LogP contribution in [-0.2, 0) is 6.42 Å². The van der Waals surface area contributed by atoms with Gasteiger partial charge in [0.15, 0.2) is 0 Å². The maximum Gasteiger partial charge on any atom is 0.205 e. The first kappa shape index (κ1) is 15.2. The van der Waals surface area contributed by atoms with Gasteiger partial charge in [0.1, 0.15) is 5.01 Å². The van der Waals surface area contributed by atoms with E-state index in [0.717, 1.165) is 39.6 Å². The molecule has 0 amide bonds. The van der Waals surface area contributed by atoms with Crippen molar-refractivity contribution in [2.75, 3.05) is 23.4 Å². The second-order valence-electron chi connectivity index (χ2n) is 3.99. The zero-order valence-corrected chi connectivity index (χ0v) is 13.2. The Kier molecular flexibility index (Phi) is 6.19. The lowest BCUT2D eigenvalue weighted by Gasteiger charge is -1.99. The van der Waals surface area contributed by atoms with E-state index in [1.165, 1.54) is 5.56 Å². The fourth-order valence-corrected chi connectivity index (χ4v) is 2.97. The highest BCUT2D eigenvalue weighted by molar-refractivity contribution is 7.99. The van der Waals surface area contributed by atoms with Crippen molar-refractivity contribution in [2.24, 2.45) is 0 Å². The molecule has 104 valence electrons. The zero-order valence-electron chi connectivity index (χ0n) is 10.8. The lowest BCUT2D eigenvalue weighted by atomic mass is 10.2. The van der Waals surface area contributed by atoms with Gasteiger partial charge >= 0.3 is 0 Å². The van der Waals surface area contributed by atoms with Crippen LogP contribution in [0.2, 0.25) is 5.02 Å². The maximum absolute atomic E-state index is 5.86. The molecule has 1 N–H and O–H groups in total. The molecule has 0 bridgehead atoms. The van der Waals surface area contributed by atoms with Crippen LogP contribution in [0.5, 0.6) is 0 Å². The summed E-state index contributed by atoms with van der Waals surface area (Å²) in [5.74, 6) is 4.32. The minimum Gasteiger partial charge on any atom is -0.359 e. The average molecular weight is 324 g/mol. The summed E-state index contributed by atoms with van der Waals surface area (Å²) in [6.07, 6.45) is 5.97. The van der Waals surface area contributed by atoms with Gasteiger partial charge in [0.25, 0.3) is 0 Å². The van der Waals surface area contributed by atoms with E-state index >= 15 is 0 Å². The van der Waals surface area contributed by atoms with Gasteiger partial charge in [0.2, 0.25) is 5.13 Å². The summed E-state index contributed by atoms with van der Waals surface area (Å²) in [5, 5.41) is 14.2. The van der Waals surface area contributed by atoms with Crippen molar-refractivity contribution in [1.82, 2.24) is 10.2 Å². The smallest absolute Gasteiger partial charge is 0.205 e. The molecule has 0 atom stereocenters. The molecule has 20 heavy (non-hydrogen) atoms. The number of nitrogens with one attached hydrogen (secondary N) is 1. The molecule has 0 spiro atoms. The quantitative estimate of drug-likeness (QED) is 0.624. The highest BCUT2D eigenvalue weighted by atomic mass is 35.5. The van der Waals surface area contributed by atoms with Crippen LogP contribution in [0.4, 0.5) is 5.13 Å². The molecular weight excluding hydrogens is 310 g/mol. The minimum absolute atomic E-state index is 0.748. The molecule has 0 fully saturated rings. The van der Waals surface area contributed by atoms with Gasteiger partial charge in [-0.1, -0.05) is 41.0 Å². The minimum atomic E-state index is 0.748. The number of hydrogen-bond donors (Lipinski definition) is 1. The Morgan fingerprint density at radius 2 is 2.10 bits per heavy atom. The van der Waals surface area contributed by atoms with Crippen LogP contribution in [0.1, 0.15) is 10.6 Å². The number of terminal acetylenes is 1. The fraction of sp³-hybridized carbons (Fsp3) is 0.286. The molecule has 2 aromatic rings. The molecule has 0 saturated carbocycles. The molecule has 2 rings (SSSR count). The van der Waals surface area contributed by atoms with Crippen LogP contribution in [0.15, 0.2) is 24.3 Å². The van der Waals surface area contributed by atoms with Crippen LogP contribution < -0.4 is 5.32 Å². The number of nitrogens with zero attached hydrogens (tertiary/aromatic N) is 2. The van der Waals surface area contributed by atoms with Crippen LogP contribution in [0.25, 0.3) is 0 Å². The average Bonchev–Trinajstić information content (AvgIpc) is 2.89. The number of thioether (sulfide) groups is 1. The highest BCUT2D eigenvalue weighted by Crippen LogP contribution is 2.19. The van der Waals surface area contributed by atoms with E-state index in [2.05, 4.69) is 21.4 Å². The number of rotatable bonds is 7. The molecule has 0 radical (unpaired) electrons. The van der Waals surface area contributed by atoms with Crippen LogP contribution in [0.3, 0.4) is 0 Å². The number of halogens is 1. The molecule has 0 saturated heterocycles. The SMILES string of the molecule is C#CCSCCNc1nnc(Cc2ccc(Cl)cc2)s1. The third-order valence-electron chi connectivity index (χ3n) is 2.44. The number of hydrogen-bond acceptors (Lipinski definition) is 5. The first-order valence-corrected chi connectivity index (χ1v) is 8.45. The van der Waals surface area contributed by atoms with Crippen LogP contribution in [-0.4, -0.2) is 28.2 Å². The normalized spacial score (nSPS) is 10.2. The van der Waals surface area contributed by atoms with Crippen molar-refractivity contribution in [3.8, 4) is 12.3 Å². The van der Waals surface area contributed by atoms with E-state index in [0.29, 0.717) is 0 Å². The second kappa shape index (κ2) is 8.15. The third-order valence-corrected chi connectivity index (χ3v) is 4.44. The Morgan fingerprint density at radius 1 is 1.30 bits per heavy atom. The van der Waals surface area contributed by atoms with Crippen molar-refractivity contribution >= 4 is 39.8 Å². The zero-order chi connectivity index (χ0) is 14.2. The number of benzene rings is 1. The van der Waals surface area contributed by atoms with Crippen molar-refractivity contribution in [3.63, 3.8) is 0 Å². The van der Waals surface area contributed by atoms with Crippen LogP contribution >= 0.6 is 34.7 Å². The molecular formula is C14H14ClN3S2. The van der Waals surface area contributed by atoms with E-state index in [1.54, 1.807) is 23.1 Å². The molecule has 0 aliphatic rings. The lowest BCUT2D eigenvalue weighted by Crippen LogP contribution is -2.03. The fourth-order valence-electron chi connectivity index (χ4n) is 1.53. The summed E-state index contributed by atoms with van der Waals surface area (Å²) in [7, 11) is 0. The highest BCUT2D eigenvalue weighted by Gasteiger charge is 2.04. The van der Waals surface area contributed by atoms with Crippen LogP contribution in [0, 0.1) is 12.3 Å². The first-order valence-electron chi connectivity index (χ1n) is 6.10. The summed E-state index contributed by atoms with van der Waals surface area (Å²) in [6, 6.07) is 7.79. The van der Waals surface area contributed by atoms with Crippen molar-refractivity contribution in [3.05, 3.63) is 39.9 Å². The predicted molar refractivity (Wildman–Crippen MR) is 88.8 cm³/mol. The Morgan fingerprint density at radius 3 is 2.85 bits per heavy atom. The Hall–Kier alpha value is -1.22. The van der Waals surface area contributed by atoms with E-state index in [-0.39, 0.29) is 0 Å². The number of anilines is 1. The van der Waals surface area contributed by atoms with Gasteiger partial charge in [-0.15, -0.1) is 28.4 Å². The maximum atomic E-state index is 5.86. The summed E-state index contributed by atoms with van der Waals surface area (Å²) in [6.45, 7) is 0.849. The molecule has 0 aliphatic carbocycles.